The van der Waals surface area contributed by atoms with Gasteiger partial charge >= 0.3 is 12.1 Å². The number of carboxylic acids is 1. The molecule has 0 aliphatic carbocycles. The van der Waals surface area contributed by atoms with E-state index in [2.05, 4.69) is 9.97 Å². The Hall–Kier alpha value is -1.86. The third kappa shape index (κ3) is 3.12. The lowest BCUT2D eigenvalue weighted by atomic mass is 9.97. The van der Waals surface area contributed by atoms with Gasteiger partial charge in [0, 0.05) is 13.1 Å². The molecule has 1 fully saturated rings. The summed E-state index contributed by atoms with van der Waals surface area (Å²) in [6, 6.07) is 0. The molecule has 1 N–H and O–H groups in total. The summed E-state index contributed by atoms with van der Waals surface area (Å²) in [5, 5.41) is 8.79. The van der Waals surface area contributed by atoms with E-state index in [-0.39, 0.29) is 24.5 Å². The third-order valence-electron chi connectivity index (χ3n) is 3.05. The normalized spacial score (nSPS) is 20.4. The van der Waals surface area contributed by atoms with Crippen LogP contribution >= 0.6 is 0 Å². The molecule has 1 aromatic rings. The number of carboxylic acid groups (broad SMARTS) is 1. The first-order chi connectivity index (χ1) is 8.88. The van der Waals surface area contributed by atoms with Gasteiger partial charge in [0.1, 0.15) is 5.82 Å². The van der Waals surface area contributed by atoms with Gasteiger partial charge in [-0.25, -0.2) is 9.78 Å². The average molecular weight is 275 g/mol. The molecule has 1 saturated heterocycles. The van der Waals surface area contributed by atoms with E-state index >= 15 is 0 Å². The van der Waals surface area contributed by atoms with E-state index in [1.807, 2.05) is 0 Å². The largest absolute Gasteiger partial charge is 0.476 e. The van der Waals surface area contributed by atoms with Crippen LogP contribution in [0, 0.1) is 5.92 Å². The number of alkyl halides is 3. The summed E-state index contributed by atoms with van der Waals surface area (Å²) in [5.74, 6) is -2.48. The molecule has 0 radical (unpaired) electrons. The van der Waals surface area contributed by atoms with Crippen molar-refractivity contribution in [2.24, 2.45) is 5.92 Å². The highest BCUT2D eigenvalue weighted by molar-refractivity contribution is 5.85. The van der Waals surface area contributed by atoms with Gasteiger partial charge in [-0.3, -0.25) is 4.98 Å². The summed E-state index contributed by atoms with van der Waals surface area (Å²) < 4.78 is 38.0. The highest BCUT2D eigenvalue weighted by Crippen LogP contribution is 2.34. The van der Waals surface area contributed by atoms with E-state index < -0.39 is 18.1 Å². The molecule has 5 nitrogen and oxygen atoms in total. The lowest BCUT2D eigenvalue weighted by Crippen LogP contribution is -2.42. The van der Waals surface area contributed by atoms with Gasteiger partial charge in [-0.2, -0.15) is 13.2 Å². The Morgan fingerprint density at radius 2 is 2.16 bits per heavy atom. The average Bonchev–Trinajstić information content (AvgIpc) is 2.38. The van der Waals surface area contributed by atoms with E-state index in [1.54, 1.807) is 0 Å². The zero-order chi connectivity index (χ0) is 14.0. The number of hydrogen-bond acceptors (Lipinski definition) is 4. The van der Waals surface area contributed by atoms with Gasteiger partial charge in [0.05, 0.1) is 18.3 Å². The number of aromatic carboxylic acids is 1. The summed E-state index contributed by atoms with van der Waals surface area (Å²) in [7, 11) is 0. The van der Waals surface area contributed by atoms with Gasteiger partial charge in [0.25, 0.3) is 0 Å². The van der Waals surface area contributed by atoms with Gasteiger partial charge in [-0.15, -0.1) is 0 Å². The molecule has 0 spiro atoms. The third-order valence-corrected chi connectivity index (χ3v) is 3.05. The molecular formula is C11H12F3N3O2. The molecule has 0 saturated carbocycles. The number of nitrogens with zero attached hydrogens (tertiary/aromatic N) is 3. The number of anilines is 1. The van der Waals surface area contributed by atoms with Crippen LogP contribution in [0.1, 0.15) is 23.3 Å². The molecule has 0 bridgehead atoms. The SMILES string of the molecule is O=C(O)c1cncc(N2CCCC(C(F)(F)F)C2)n1. The molecule has 8 heteroatoms. The van der Waals surface area contributed by atoms with Crippen molar-refractivity contribution in [2.75, 3.05) is 18.0 Å². The molecule has 0 aromatic carbocycles. The van der Waals surface area contributed by atoms with Crippen molar-refractivity contribution in [3.8, 4) is 0 Å². The molecule has 1 unspecified atom stereocenters. The maximum absolute atomic E-state index is 12.7. The summed E-state index contributed by atoms with van der Waals surface area (Å²) >= 11 is 0. The van der Waals surface area contributed by atoms with Gasteiger partial charge in [0.2, 0.25) is 0 Å². The van der Waals surface area contributed by atoms with E-state index in [0.29, 0.717) is 13.0 Å². The Bertz CT molecular complexity index is 478. The quantitative estimate of drug-likeness (QED) is 0.893. The van der Waals surface area contributed by atoms with Gasteiger partial charge < -0.3 is 10.0 Å². The lowest BCUT2D eigenvalue weighted by Gasteiger charge is -2.34. The maximum atomic E-state index is 12.7. The molecule has 2 heterocycles. The molecular weight excluding hydrogens is 263 g/mol. The molecule has 0 amide bonds. The van der Waals surface area contributed by atoms with Crippen LogP contribution in [0.3, 0.4) is 0 Å². The van der Waals surface area contributed by atoms with E-state index in [9.17, 15) is 18.0 Å². The van der Waals surface area contributed by atoms with E-state index in [4.69, 9.17) is 5.11 Å². The molecule has 1 aliphatic heterocycles. The summed E-state index contributed by atoms with van der Waals surface area (Å²) in [6.45, 7) is 0.214. The van der Waals surface area contributed by atoms with Gasteiger partial charge in [0.15, 0.2) is 5.69 Å². The highest BCUT2D eigenvalue weighted by atomic mass is 19.4. The Morgan fingerprint density at radius 3 is 2.79 bits per heavy atom. The van der Waals surface area contributed by atoms with Crippen LogP contribution in [0.15, 0.2) is 12.4 Å². The standard InChI is InChI=1S/C11H12F3N3O2/c12-11(13,14)7-2-1-3-17(6-7)9-5-15-4-8(16-9)10(18)19/h4-5,7H,1-3,6H2,(H,18,19). The van der Waals surface area contributed by atoms with Crippen molar-refractivity contribution >= 4 is 11.8 Å². The maximum Gasteiger partial charge on any atom is 0.393 e. The summed E-state index contributed by atoms with van der Waals surface area (Å²) in [6.07, 6.45) is -1.41. The van der Waals surface area contributed by atoms with Crippen molar-refractivity contribution in [2.45, 2.75) is 19.0 Å². The van der Waals surface area contributed by atoms with Crippen molar-refractivity contribution in [1.29, 1.82) is 0 Å². The fourth-order valence-corrected chi connectivity index (χ4v) is 2.06. The minimum absolute atomic E-state index is 0.0893. The highest BCUT2D eigenvalue weighted by Gasteiger charge is 2.42. The predicted molar refractivity (Wildman–Crippen MR) is 60.0 cm³/mol. The van der Waals surface area contributed by atoms with Gasteiger partial charge in [-0.05, 0) is 12.8 Å². The number of aromatic nitrogens is 2. The zero-order valence-corrected chi connectivity index (χ0v) is 9.89. The Morgan fingerprint density at radius 1 is 1.42 bits per heavy atom. The predicted octanol–water partition coefficient (Wildman–Crippen LogP) is 1.95. The Labute approximate surface area is 107 Å². The number of rotatable bonds is 2. The van der Waals surface area contributed by atoms with E-state index in [0.717, 1.165) is 6.20 Å². The number of halogens is 3. The monoisotopic (exact) mass is 275 g/mol. The first-order valence-corrected chi connectivity index (χ1v) is 5.75. The van der Waals surface area contributed by atoms with Crippen LogP contribution in [-0.4, -0.2) is 40.3 Å². The Kier molecular flexibility index (Phi) is 3.59. The molecule has 1 aromatic heterocycles. The summed E-state index contributed by atoms with van der Waals surface area (Å²) in [5.41, 5.74) is -0.272. The zero-order valence-electron chi connectivity index (χ0n) is 9.89. The van der Waals surface area contributed by atoms with Crippen LogP contribution in [0.25, 0.3) is 0 Å². The molecule has 2 rings (SSSR count). The smallest absolute Gasteiger partial charge is 0.393 e. The van der Waals surface area contributed by atoms with Crippen molar-refractivity contribution in [1.82, 2.24) is 9.97 Å². The first-order valence-electron chi connectivity index (χ1n) is 5.75. The molecule has 1 aliphatic rings. The second-order valence-corrected chi connectivity index (χ2v) is 4.39. The van der Waals surface area contributed by atoms with Crippen molar-refractivity contribution in [3.63, 3.8) is 0 Å². The molecule has 19 heavy (non-hydrogen) atoms. The van der Waals surface area contributed by atoms with Crippen LogP contribution < -0.4 is 4.90 Å². The molecule has 104 valence electrons. The van der Waals surface area contributed by atoms with Crippen molar-refractivity contribution < 1.29 is 23.1 Å². The topological polar surface area (TPSA) is 66.3 Å². The van der Waals surface area contributed by atoms with Crippen molar-refractivity contribution in [3.05, 3.63) is 18.1 Å². The molecule has 1 atom stereocenters. The minimum Gasteiger partial charge on any atom is -0.476 e. The van der Waals surface area contributed by atoms with Crippen LogP contribution in [-0.2, 0) is 0 Å². The minimum atomic E-state index is -4.24. The fourth-order valence-electron chi connectivity index (χ4n) is 2.06. The second kappa shape index (κ2) is 5.02. The Balaban J connectivity index is 2.17. The van der Waals surface area contributed by atoms with Crippen LogP contribution in [0.4, 0.5) is 19.0 Å². The summed E-state index contributed by atoms with van der Waals surface area (Å²) in [4.78, 5) is 19.7. The number of piperidine rings is 1. The van der Waals surface area contributed by atoms with Crippen LogP contribution in [0.2, 0.25) is 0 Å². The van der Waals surface area contributed by atoms with Crippen LogP contribution in [0.5, 0.6) is 0 Å². The van der Waals surface area contributed by atoms with E-state index in [1.165, 1.54) is 11.1 Å². The van der Waals surface area contributed by atoms with Gasteiger partial charge in [-0.1, -0.05) is 0 Å². The number of carbonyl (C=O) groups is 1. The lowest BCUT2D eigenvalue weighted by molar-refractivity contribution is -0.176. The first kappa shape index (κ1) is 13.6. The number of hydrogen-bond donors (Lipinski definition) is 1. The fraction of sp³-hybridized carbons (Fsp3) is 0.545. The second-order valence-electron chi connectivity index (χ2n) is 4.39.